The van der Waals surface area contributed by atoms with Gasteiger partial charge in [0.25, 0.3) is 5.91 Å². The van der Waals surface area contributed by atoms with E-state index in [2.05, 4.69) is 25.5 Å². The number of amides is 1. The Hall–Kier alpha value is -3.22. The van der Waals surface area contributed by atoms with E-state index in [0.29, 0.717) is 17.9 Å². The molecular weight excluding hydrogens is 328 g/mol. The Morgan fingerprint density at radius 3 is 2.73 bits per heavy atom. The summed E-state index contributed by atoms with van der Waals surface area (Å²) in [5, 5.41) is 9.79. The zero-order chi connectivity index (χ0) is 18.1. The van der Waals surface area contributed by atoms with Crippen molar-refractivity contribution in [2.24, 2.45) is 0 Å². The average Bonchev–Trinajstić information content (AvgIpc) is 3.13. The molecule has 0 unspecified atom stereocenters. The predicted molar refractivity (Wildman–Crippen MR) is 99.8 cm³/mol. The molecular formula is C19H20N6O. The van der Waals surface area contributed by atoms with E-state index in [1.165, 1.54) is 0 Å². The maximum absolute atomic E-state index is 12.8. The molecule has 0 aromatic carbocycles. The summed E-state index contributed by atoms with van der Waals surface area (Å²) in [5.41, 5.74) is 4.46. The molecule has 0 aliphatic carbocycles. The van der Waals surface area contributed by atoms with E-state index in [0.717, 1.165) is 41.0 Å². The monoisotopic (exact) mass is 348 g/mol. The fraction of sp³-hybridized carbons (Fsp3) is 0.263. The van der Waals surface area contributed by atoms with E-state index in [1.54, 1.807) is 6.20 Å². The largest absolute Gasteiger partial charge is 0.318 e. The second kappa shape index (κ2) is 6.59. The minimum atomic E-state index is -0.147. The number of anilines is 3. The highest BCUT2D eigenvalue weighted by molar-refractivity contribution is 6.11. The second-order valence-corrected chi connectivity index (χ2v) is 6.35. The summed E-state index contributed by atoms with van der Waals surface area (Å²) >= 11 is 0. The second-order valence-electron chi connectivity index (χ2n) is 6.35. The van der Waals surface area contributed by atoms with Gasteiger partial charge in [-0.25, -0.2) is 9.97 Å². The lowest BCUT2D eigenvalue weighted by molar-refractivity contribution is 0.102. The van der Waals surface area contributed by atoms with Crippen LogP contribution in [0.15, 0.2) is 36.9 Å². The number of hydrogen-bond acceptors (Lipinski definition) is 5. The van der Waals surface area contributed by atoms with Crippen molar-refractivity contribution in [1.29, 1.82) is 0 Å². The van der Waals surface area contributed by atoms with Crippen LogP contribution in [0.1, 0.15) is 34.0 Å². The van der Waals surface area contributed by atoms with Gasteiger partial charge < -0.3 is 10.2 Å². The van der Waals surface area contributed by atoms with Crippen molar-refractivity contribution in [1.82, 2.24) is 20.2 Å². The zero-order valence-electron chi connectivity index (χ0n) is 14.8. The van der Waals surface area contributed by atoms with Crippen LogP contribution in [0.5, 0.6) is 0 Å². The highest BCUT2D eigenvalue weighted by Gasteiger charge is 2.27. The van der Waals surface area contributed by atoms with Crippen LogP contribution >= 0.6 is 0 Å². The Morgan fingerprint density at radius 1 is 1.12 bits per heavy atom. The number of pyridine rings is 2. The third kappa shape index (κ3) is 2.81. The molecule has 1 aliphatic heterocycles. The number of rotatable bonds is 4. The van der Waals surface area contributed by atoms with Crippen LogP contribution in [0.2, 0.25) is 0 Å². The van der Waals surface area contributed by atoms with Crippen molar-refractivity contribution in [3.63, 3.8) is 0 Å². The third-order valence-corrected chi connectivity index (χ3v) is 4.63. The smallest absolute Gasteiger partial charge is 0.259 e. The van der Waals surface area contributed by atoms with Crippen LogP contribution in [-0.4, -0.2) is 32.6 Å². The summed E-state index contributed by atoms with van der Waals surface area (Å²) in [6.45, 7) is 4.67. The Balaban J connectivity index is 1.71. The molecule has 1 amide bonds. The van der Waals surface area contributed by atoms with Crippen molar-refractivity contribution >= 4 is 23.2 Å². The van der Waals surface area contributed by atoms with Gasteiger partial charge in [0.2, 0.25) is 0 Å². The van der Waals surface area contributed by atoms with E-state index < -0.39 is 0 Å². The van der Waals surface area contributed by atoms with E-state index in [-0.39, 0.29) is 5.91 Å². The van der Waals surface area contributed by atoms with Gasteiger partial charge in [0.05, 0.1) is 17.4 Å². The maximum atomic E-state index is 12.8. The fourth-order valence-corrected chi connectivity index (χ4v) is 3.21. The predicted octanol–water partition coefficient (Wildman–Crippen LogP) is 3.02. The number of nitrogens with one attached hydrogen (secondary N) is 2. The summed E-state index contributed by atoms with van der Waals surface area (Å²) in [4.78, 5) is 23.9. The van der Waals surface area contributed by atoms with Gasteiger partial charge in [-0.2, -0.15) is 5.10 Å². The number of carbonyl (C=O) groups is 1. The third-order valence-electron chi connectivity index (χ3n) is 4.63. The lowest BCUT2D eigenvalue weighted by atomic mass is 10.1. The van der Waals surface area contributed by atoms with Gasteiger partial charge in [-0.15, -0.1) is 0 Å². The van der Waals surface area contributed by atoms with Gasteiger partial charge in [0.1, 0.15) is 5.82 Å². The normalized spacial score (nSPS) is 13.0. The summed E-state index contributed by atoms with van der Waals surface area (Å²) in [6.07, 6.45) is 8.93. The van der Waals surface area contributed by atoms with Crippen LogP contribution in [0, 0.1) is 6.92 Å². The van der Waals surface area contributed by atoms with Crippen molar-refractivity contribution in [2.75, 3.05) is 16.8 Å². The van der Waals surface area contributed by atoms with E-state index in [9.17, 15) is 4.79 Å². The van der Waals surface area contributed by atoms with Crippen LogP contribution in [0.25, 0.3) is 0 Å². The molecule has 0 saturated heterocycles. The zero-order valence-corrected chi connectivity index (χ0v) is 14.8. The summed E-state index contributed by atoms with van der Waals surface area (Å²) in [5.74, 6) is 1.23. The average molecular weight is 348 g/mol. The molecule has 1 aliphatic rings. The number of fused-ring (bicyclic) bond motifs is 2. The number of hydrogen-bond donors (Lipinski definition) is 2. The maximum Gasteiger partial charge on any atom is 0.259 e. The molecule has 7 heteroatoms. The first kappa shape index (κ1) is 16.3. The lowest BCUT2D eigenvalue weighted by Gasteiger charge is -2.22. The van der Waals surface area contributed by atoms with E-state index in [4.69, 9.17) is 0 Å². The van der Waals surface area contributed by atoms with Crippen LogP contribution in [0.3, 0.4) is 0 Å². The van der Waals surface area contributed by atoms with Gasteiger partial charge in [0.15, 0.2) is 5.82 Å². The molecule has 7 nitrogen and oxygen atoms in total. The molecule has 2 N–H and O–H groups in total. The molecule has 0 atom stereocenters. The van der Waals surface area contributed by atoms with Crippen molar-refractivity contribution in [2.45, 2.75) is 26.7 Å². The minimum absolute atomic E-state index is 0.147. The molecule has 4 rings (SSSR count). The molecule has 3 aromatic heterocycles. The van der Waals surface area contributed by atoms with E-state index in [1.807, 2.05) is 49.5 Å². The number of carbonyl (C=O) groups excluding carboxylic acids is 1. The van der Waals surface area contributed by atoms with Gasteiger partial charge in [-0.1, -0.05) is 0 Å². The molecule has 0 spiro atoms. The number of aromatic amines is 1. The number of aromatic nitrogens is 4. The highest BCUT2D eigenvalue weighted by atomic mass is 16.1. The fourth-order valence-electron chi connectivity index (χ4n) is 3.21. The van der Waals surface area contributed by atoms with Crippen molar-refractivity contribution < 1.29 is 4.79 Å². The molecule has 132 valence electrons. The first-order chi connectivity index (χ1) is 12.7. The standard InChI is InChI=1S/C19H20N6O/c1-3-25-17-15(19(26)24-16-12(2)6-7-20-18(16)25)8-13(9-21-17)4-5-14-10-22-23-11-14/h6-11H,3-5H2,1-2H3,(H,22,23)(H,24,26). The Labute approximate surface area is 151 Å². The van der Waals surface area contributed by atoms with Crippen LogP contribution in [-0.2, 0) is 12.8 Å². The molecule has 4 heterocycles. The molecule has 26 heavy (non-hydrogen) atoms. The Bertz CT molecular complexity index is 951. The summed E-state index contributed by atoms with van der Waals surface area (Å²) < 4.78 is 0. The molecule has 0 fully saturated rings. The molecule has 0 bridgehead atoms. The lowest BCUT2D eigenvalue weighted by Crippen LogP contribution is -2.20. The topological polar surface area (TPSA) is 86.8 Å². The van der Waals surface area contributed by atoms with Gasteiger partial charge in [-0.05, 0) is 55.5 Å². The highest BCUT2D eigenvalue weighted by Crippen LogP contribution is 2.36. The SMILES string of the molecule is CCN1c2ncc(CCc3cn[nH]c3)cc2C(=O)Nc2c(C)ccnc21. The number of aryl methyl sites for hydroxylation is 3. The Kier molecular flexibility index (Phi) is 4.12. The molecule has 3 aromatic rings. The Morgan fingerprint density at radius 2 is 1.96 bits per heavy atom. The van der Waals surface area contributed by atoms with E-state index >= 15 is 0 Å². The quantitative estimate of drug-likeness (QED) is 0.757. The first-order valence-electron chi connectivity index (χ1n) is 8.68. The summed E-state index contributed by atoms with van der Waals surface area (Å²) in [7, 11) is 0. The molecule has 0 radical (unpaired) electrons. The number of H-pyrrole nitrogens is 1. The number of nitrogens with zero attached hydrogens (tertiary/aromatic N) is 4. The van der Waals surface area contributed by atoms with Gasteiger partial charge >= 0.3 is 0 Å². The van der Waals surface area contributed by atoms with Crippen molar-refractivity contribution in [3.05, 3.63) is 59.2 Å². The van der Waals surface area contributed by atoms with Crippen LogP contribution in [0.4, 0.5) is 17.3 Å². The summed E-state index contributed by atoms with van der Waals surface area (Å²) in [6, 6.07) is 3.83. The first-order valence-corrected chi connectivity index (χ1v) is 8.68. The molecule has 0 saturated carbocycles. The van der Waals surface area contributed by atoms with Gasteiger partial charge in [0, 0.05) is 25.1 Å². The minimum Gasteiger partial charge on any atom is -0.318 e. The van der Waals surface area contributed by atoms with Crippen LogP contribution < -0.4 is 10.2 Å². The van der Waals surface area contributed by atoms with Crippen molar-refractivity contribution in [3.8, 4) is 0 Å². The van der Waals surface area contributed by atoms with Gasteiger partial charge in [-0.3, -0.25) is 9.89 Å².